The Morgan fingerprint density at radius 1 is 0.892 bits per heavy atom. The van der Waals surface area contributed by atoms with E-state index in [4.69, 9.17) is 16.1 Å². The zero-order chi connectivity index (χ0) is 25.8. The molecule has 0 aliphatic carbocycles. The van der Waals surface area contributed by atoms with Crippen LogP contribution in [-0.4, -0.2) is 29.4 Å². The van der Waals surface area contributed by atoms with Gasteiger partial charge in [0.15, 0.2) is 0 Å². The lowest BCUT2D eigenvalue weighted by Gasteiger charge is -2.08. The van der Waals surface area contributed by atoms with Crippen molar-refractivity contribution < 1.29 is 17.7 Å². The van der Waals surface area contributed by atoms with Gasteiger partial charge in [0.05, 0.1) is 15.5 Å². The highest BCUT2D eigenvalue weighted by Crippen LogP contribution is 2.31. The number of nitrogens with one attached hydrogen (secondary N) is 2. The average molecular weight is 532 g/mol. The van der Waals surface area contributed by atoms with Gasteiger partial charge in [0, 0.05) is 34.9 Å². The first-order valence-electron chi connectivity index (χ1n) is 10.9. The van der Waals surface area contributed by atoms with Crippen molar-refractivity contribution >= 4 is 38.9 Å². The lowest BCUT2D eigenvalue weighted by Crippen LogP contribution is -2.12. The molecule has 0 fully saturated rings. The molecule has 0 aliphatic rings. The van der Waals surface area contributed by atoms with E-state index in [1.807, 2.05) is 0 Å². The normalized spacial score (nSPS) is 11.2. The minimum absolute atomic E-state index is 0.148. The SMILES string of the molecule is O=C(Nc1ccc(-c2noc(-c3cccc(NS(=O)(=O)c4ccccc4)c3)n2)c(Cl)c1)c1cccnc1. The van der Waals surface area contributed by atoms with Crippen LogP contribution >= 0.6 is 11.6 Å². The average Bonchev–Trinajstić information content (AvgIpc) is 3.40. The summed E-state index contributed by atoms with van der Waals surface area (Å²) < 4.78 is 33.2. The molecular weight excluding hydrogens is 514 g/mol. The molecule has 0 saturated heterocycles. The van der Waals surface area contributed by atoms with Crippen molar-refractivity contribution in [1.29, 1.82) is 0 Å². The minimum Gasteiger partial charge on any atom is -0.334 e. The molecule has 11 heteroatoms. The van der Waals surface area contributed by atoms with Gasteiger partial charge < -0.3 is 9.84 Å². The van der Waals surface area contributed by atoms with E-state index in [9.17, 15) is 13.2 Å². The Hall–Kier alpha value is -4.54. The molecule has 2 aromatic heterocycles. The standard InChI is InChI=1S/C26H18ClN5O4S/c27-23-15-19(29-25(33)18-7-5-13-28-16-18)11-12-22(23)24-30-26(36-31-24)17-6-4-8-20(14-17)32-37(34,35)21-9-2-1-3-10-21/h1-16,32H,(H,29,33). The van der Waals surface area contributed by atoms with E-state index in [-0.39, 0.29) is 22.5 Å². The highest BCUT2D eigenvalue weighted by atomic mass is 35.5. The topological polar surface area (TPSA) is 127 Å². The third-order valence-electron chi connectivity index (χ3n) is 5.23. The molecule has 0 unspecified atom stereocenters. The van der Waals surface area contributed by atoms with E-state index in [0.717, 1.165) is 0 Å². The third kappa shape index (κ3) is 5.50. The van der Waals surface area contributed by atoms with Gasteiger partial charge in [-0.2, -0.15) is 4.98 Å². The molecule has 37 heavy (non-hydrogen) atoms. The predicted octanol–water partition coefficient (Wildman–Crippen LogP) is 5.51. The largest absolute Gasteiger partial charge is 0.334 e. The highest BCUT2D eigenvalue weighted by Gasteiger charge is 2.17. The summed E-state index contributed by atoms with van der Waals surface area (Å²) in [7, 11) is -3.75. The first kappa shape index (κ1) is 24.2. The fourth-order valence-corrected chi connectivity index (χ4v) is 4.79. The Morgan fingerprint density at radius 2 is 1.73 bits per heavy atom. The first-order valence-corrected chi connectivity index (χ1v) is 12.8. The molecule has 0 radical (unpaired) electrons. The van der Waals surface area contributed by atoms with Crippen LogP contribution in [0, 0.1) is 0 Å². The van der Waals surface area contributed by atoms with Crippen LogP contribution < -0.4 is 10.0 Å². The van der Waals surface area contributed by atoms with Crippen molar-refractivity contribution in [3.63, 3.8) is 0 Å². The number of amides is 1. The van der Waals surface area contributed by atoms with Gasteiger partial charge in [-0.3, -0.25) is 14.5 Å². The maximum atomic E-state index is 12.6. The molecule has 5 rings (SSSR count). The number of nitrogens with zero attached hydrogens (tertiary/aromatic N) is 3. The number of sulfonamides is 1. The van der Waals surface area contributed by atoms with Crippen LogP contribution in [-0.2, 0) is 10.0 Å². The zero-order valence-electron chi connectivity index (χ0n) is 19.0. The molecule has 2 heterocycles. The van der Waals surface area contributed by atoms with E-state index in [2.05, 4.69) is 25.2 Å². The minimum atomic E-state index is -3.75. The van der Waals surface area contributed by atoms with Crippen molar-refractivity contribution in [2.75, 3.05) is 10.0 Å². The number of carbonyl (C=O) groups excluding carboxylic acids is 1. The summed E-state index contributed by atoms with van der Waals surface area (Å²) in [6.07, 6.45) is 3.05. The van der Waals surface area contributed by atoms with Gasteiger partial charge in [0.25, 0.3) is 21.8 Å². The monoisotopic (exact) mass is 531 g/mol. The van der Waals surface area contributed by atoms with Crippen LogP contribution in [0.25, 0.3) is 22.8 Å². The predicted molar refractivity (Wildman–Crippen MR) is 140 cm³/mol. The molecule has 2 N–H and O–H groups in total. The second-order valence-electron chi connectivity index (χ2n) is 7.81. The summed E-state index contributed by atoms with van der Waals surface area (Å²) in [5, 5.41) is 7.08. The molecule has 0 atom stereocenters. The fourth-order valence-electron chi connectivity index (χ4n) is 3.45. The Bertz CT molecular complexity index is 1680. The van der Waals surface area contributed by atoms with Crippen LogP contribution in [0.5, 0.6) is 0 Å². The van der Waals surface area contributed by atoms with Crippen molar-refractivity contribution in [3.8, 4) is 22.8 Å². The van der Waals surface area contributed by atoms with Crippen molar-refractivity contribution in [1.82, 2.24) is 15.1 Å². The van der Waals surface area contributed by atoms with Gasteiger partial charge >= 0.3 is 0 Å². The Balaban J connectivity index is 1.34. The lowest BCUT2D eigenvalue weighted by atomic mass is 10.1. The van der Waals surface area contributed by atoms with Crippen LogP contribution in [0.15, 0.2) is 107 Å². The van der Waals surface area contributed by atoms with E-state index in [1.54, 1.807) is 79.0 Å². The van der Waals surface area contributed by atoms with Gasteiger partial charge in [0.1, 0.15) is 0 Å². The van der Waals surface area contributed by atoms with Crippen molar-refractivity contribution in [3.05, 3.63) is 108 Å². The first-order chi connectivity index (χ1) is 17.9. The summed E-state index contributed by atoms with van der Waals surface area (Å²) in [5.41, 5.74) is 2.26. The van der Waals surface area contributed by atoms with E-state index in [0.29, 0.717) is 33.1 Å². The molecule has 9 nitrogen and oxygen atoms in total. The number of benzene rings is 3. The molecule has 0 spiro atoms. The molecule has 3 aromatic carbocycles. The Labute approximate surface area is 217 Å². The Morgan fingerprint density at radius 3 is 2.49 bits per heavy atom. The molecule has 0 bridgehead atoms. The Kier molecular flexibility index (Phi) is 6.67. The van der Waals surface area contributed by atoms with Crippen molar-refractivity contribution in [2.45, 2.75) is 4.90 Å². The summed E-state index contributed by atoms with van der Waals surface area (Å²) in [6, 6.07) is 22.9. The number of pyridine rings is 1. The molecule has 184 valence electrons. The number of halogens is 1. The number of hydrogen-bond donors (Lipinski definition) is 2. The number of carbonyl (C=O) groups is 1. The van der Waals surface area contributed by atoms with E-state index >= 15 is 0 Å². The summed E-state index contributed by atoms with van der Waals surface area (Å²) in [5.74, 6) is 0.0997. The lowest BCUT2D eigenvalue weighted by molar-refractivity contribution is 0.102. The van der Waals surface area contributed by atoms with Crippen LogP contribution in [0.4, 0.5) is 11.4 Å². The molecule has 0 aliphatic heterocycles. The third-order valence-corrected chi connectivity index (χ3v) is 6.94. The van der Waals surface area contributed by atoms with Crippen molar-refractivity contribution in [2.24, 2.45) is 0 Å². The second-order valence-corrected chi connectivity index (χ2v) is 9.90. The van der Waals surface area contributed by atoms with Crippen LogP contribution in [0.1, 0.15) is 10.4 Å². The van der Waals surface area contributed by atoms with Gasteiger partial charge in [-0.05, 0) is 60.7 Å². The quantitative estimate of drug-likeness (QED) is 0.283. The molecule has 5 aromatic rings. The van der Waals surface area contributed by atoms with Crippen LogP contribution in [0.3, 0.4) is 0 Å². The number of hydrogen-bond acceptors (Lipinski definition) is 7. The maximum absolute atomic E-state index is 12.6. The number of aromatic nitrogens is 3. The smallest absolute Gasteiger partial charge is 0.261 e. The van der Waals surface area contributed by atoms with E-state index in [1.165, 1.54) is 18.3 Å². The van der Waals surface area contributed by atoms with Crippen LogP contribution in [0.2, 0.25) is 5.02 Å². The van der Waals surface area contributed by atoms with Gasteiger partial charge in [0.2, 0.25) is 5.82 Å². The number of anilines is 2. The molecule has 1 amide bonds. The highest BCUT2D eigenvalue weighted by molar-refractivity contribution is 7.92. The van der Waals surface area contributed by atoms with Gasteiger partial charge in [-0.15, -0.1) is 0 Å². The molecular formula is C26H18ClN5O4S. The molecule has 0 saturated carbocycles. The zero-order valence-corrected chi connectivity index (χ0v) is 20.6. The van der Waals surface area contributed by atoms with E-state index < -0.39 is 10.0 Å². The summed E-state index contributed by atoms with van der Waals surface area (Å²) in [6.45, 7) is 0. The second kappa shape index (κ2) is 10.2. The number of rotatable bonds is 7. The summed E-state index contributed by atoms with van der Waals surface area (Å²) in [4.78, 5) is 20.9. The summed E-state index contributed by atoms with van der Waals surface area (Å²) >= 11 is 6.44. The van der Waals surface area contributed by atoms with Gasteiger partial charge in [-0.1, -0.05) is 41.0 Å². The maximum Gasteiger partial charge on any atom is 0.261 e. The van der Waals surface area contributed by atoms with Gasteiger partial charge in [-0.25, -0.2) is 8.42 Å². The fraction of sp³-hybridized carbons (Fsp3) is 0.